The van der Waals surface area contributed by atoms with E-state index in [9.17, 15) is 18.9 Å². The number of fused-ring (bicyclic) bond motifs is 1. The Kier molecular flexibility index (Phi) is 6.86. The Balaban J connectivity index is 1.72. The number of pyridine rings is 1. The van der Waals surface area contributed by atoms with E-state index >= 15 is 0 Å². The number of aromatic nitrogens is 1. The molecule has 4 rings (SSSR count). The molecule has 1 aliphatic rings. The van der Waals surface area contributed by atoms with Crippen molar-refractivity contribution in [3.05, 3.63) is 77.0 Å². The fourth-order valence-corrected chi connectivity index (χ4v) is 6.49. The van der Waals surface area contributed by atoms with Crippen molar-refractivity contribution in [1.82, 2.24) is 4.98 Å². The minimum absolute atomic E-state index is 0.0372. The van der Waals surface area contributed by atoms with E-state index in [1.54, 1.807) is 33.2 Å². The van der Waals surface area contributed by atoms with Gasteiger partial charge in [-0.25, -0.2) is 9.19 Å². The summed E-state index contributed by atoms with van der Waals surface area (Å²) in [5.41, 5.74) is 3.10. The van der Waals surface area contributed by atoms with E-state index in [1.807, 2.05) is 30.3 Å². The highest BCUT2D eigenvalue weighted by molar-refractivity contribution is 7.95. The van der Waals surface area contributed by atoms with Crippen molar-refractivity contribution in [2.75, 3.05) is 12.9 Å². The van der Waals surface area contributed by atoms with Crippen molar-refractivity contribution in [3.8, 4) is 17.0 Å². The largest absolute Gasteiger partial charge is 0.481 e. The molecule has 1 aromatic heterocycles. The summed E-state index contributed by atoms with van der Waals surface area (Å²) >= 11 is 0. The molecular formula is C28H30N2O5S. The Labute approximate surface area is 211 Å². The van der Waals surface area contributed by atoms with Crippen LogP contribution in [0.1, 0.15) is 60.7 Å². The van der Waals surface area contributed by atoms with Crippen LogP contribution in [-0.4, -0.2) is 38.9 Å². The molecule has 1 aliphatic heterocycles. The van der Waals surface area contributed by atoms with Gasteiger partial charge in [-0.05, 0) is 65.8 Å². The molecular weight excluding hydrogens is 476 g/mol. The van der Waals surface area contributed by atoms with Gasteiger partial charge in [-0.3, -0.25) is 9.59 Å². The van der Waals surface area contributed by atoms with Gasteiger partial charge in [0.25, 0.3) is 5.91 Å². The zero-order chi connectivity index (χ0) is 26.3. The summed E-state index contributed by atoms with van der Waals surface area (Å²) < 4.78 is 23.0. The molecule has 0 aliphatic carbocycles. The number of rotatable bonds is 8. The summed E-state index contributed by atoms with van der Waals surface area (Å²) in [6.45, 7) is 7.32. The molecule has 3 aromatic rings. The number of methoxy groups -OCH3 is 1. The smallest absolute Gasteiger partial charge is 0.286 e. The predicted molar refractivity (Wildman–Crippen MR) is 139 cm³/mol. The third kappa shape index (κ3) is 4.96. The first-order valence-corrected chi connectivity index (χ1v) is 13.4. The summed E-state index contributed by atoms with van der Waals surface area (Å²) in [5.74, 6) is -0.652. The van der Waals surface area contributed by atoms with Crippen molar-refractivity contribution in [1.29, 1.82) is 0 Å². The first kappa shape index (κ1) is 25.7. The second-order valence-corrected chi connectivity index (χ2v) is 12.0. The molecule has 0 saturated carbocycles. The van der Waals surface area contributed by atoms with Gasteiger partial charge >= 0.3 is 0 Å². The standard InChI is InChI=1S/C28H30N2O5S/c1-17(2)21-7-6-8-22(18-11-12-29-26(13-18)35-5)24(21)15-20(31)16-36(34)25-14-19(28(3,4)33)9-10-23(25)27(32)30-36/h6-14,17,33H,15-16H2,1-5H3. The van der Waals surface area contributed by atoms with E-state index in [1.165, 1.54) is 12.1 Å². The Morgan fingerprint density at radius 3 is 2.53 bits per heavy atom. The van der Waals surface area contributed by atoms with E-state index in [0.717, 1.165) is 22.3 Å². The maximum atomic E-state index is 13.8. The number of nitrogens with zero attached hydrogens (tertiary/aromatic N) is 2. The summed E-state index contributed by atoms with van der Waals surface area (Å²) in [5, 5.41) is 10.4. The average Bonchev–Trinajstić information content (AvgIpc) is 3.07. The van der Waals surface area contributed by atoms with Crippen molar-refractivity contribution < 1.29 is 23.6 Å². The van der Waals surface area contributed by atoms with E-state index < -0.39 is 21.2 Å². The molecule has 1 atom stereocenters. The van der Waals surface area contributed by atoms with Gasteiger partial charge in [0, 0.05) is 18.7 Å². The summed E-state index contributed by atoms with van der Waals surface area (Å²) in [6, 6.07) is 14.2. The summed E-state index contributed by atoms with van der Waals surface area (Å²) in [4.78, 5) is 30.3. The molecule has 1 N–H and O–H groups in total. The minimum Gasteiger partial charge on any atom is -0.481 e. The van der Waals surface area contributed by atoms with Crippen LogP contribution in [0.4, 0.5) is 0 Å². The maximum absolute atomic E-state index is 13.8. The van der Waals surface area contributed by atoms with Crippen LogP contribution in [-0.2, 0) is 26.5 Å². The molecule has 2 heterocycles. The van der Waals surface area contributed by atoms with Crippen molar-refractivity contribution in [3.63, 3.8) is 0 Å². The van der Waals surface area contributed by atoms with Gasteiger partial charge in [0.1, 0.15) is 0 Å². The van der Waals surface area contributed by atoms with Gasteiger partial charge in [-0.15, -0.1) is 0 Å². The lowest BCUT2D eigenvalue weighted by Gasteiger charge is -2.19. The molecule has 1 unspecified atom stereocenters. The highest BCUT2D eigenvalue weighted by atomic mass is 32.2. The van der Waals surface area contributed by atoms with E-state index in [-0.39, 0.29) is 34.3 Å². The van der Waals surface area contributed by atoms with E-state index in [4.69, 9.17) is 4.74 Å². The van der Waals surface area contributed by atoms with Gasteiger partial charge in [-0.2, -0.15) is 4.36 Å². The zero-order valence-corrected chi connectivity index (χ0v) is 21.9. The topological polar surface area (TPSA) is 106 Å². The second kappa shape index (κ2) is 9.59. The molecule has 0 fully saturated rings. The van der Waals surface area contributed by atoms with Crippen LogP contribution in [0.5, 0.6) is 5.88 Å². The molecule has 7 nitrogen and oxygen atoms in total. The molecule has 2 aromatic carbocycles. The van der Waals surface area contributed by atoms with Gasteiger partial charge in [0.05, 0.1) is 38.7 Å². The number of carbonyl (C=O) groups excluding carboxylic acids is 2. The van der Waals surface area contributed by atoms with Crippen LogP contribution in [0.25, 0.3) is 11.1 Å². The summed E-state index contributed by atoms with van der Waals surface area (Å²) in [6.07, 6.45) is 1.69. The molecule has 0 spiro atoms. The van der Waals surface area contributed by atoms with Crippen LogP contribution in [0.2, 0.25) is 0 Å². The number of hydrogen-bond donors (Lipinski definition) is 1. The number of carbonyl (C=O) groups is 2. The molecule has 188 valence electrons. The van der Waals surface area contributed by atoms with Gasteiger partial charge in [-0.1, -0.05) is 38.1 Å². The molecule has 0 saturated heterocycles. The Bertz CT molecular complexity index is 1480. The molecule has 36 heavy (non-hydrogen) atoms. The third-order valence-corrected chi connectivity index (χ3v) is 8.51. The fourth-order valence-electron chi connectivity index (χ4n) is 4.45. The Hall–Kier alpha value is -3.36. The van der Waals surface area contributed by atoms with Crippen LogP contribution in [0, 0.1) is 0 Å². The first-order valence-electron chi connectivity index (χ1n) is 11.7. The molecule has 8 heteroatoms. The number of benzene rings is 2. The van der Waals surface area contributed by atoms with Gasteiger partial charge in [0.15, 0.2) is 5.78 Å². The van der Waals surface area contributed by atoms with Crippen LogP contribution >= 0.6 is 0 Å². The minimum atomic E-state index is -3.30. The fraction of sp³-hybridized carbons (Fsp3) is 0.321. The van der Waals surface area contributed by atoms with Crippen LogP contribution in [0.3, 0.4) is 0 Å². The molecule has 1 amide bonds. The normalized spacial score (nSPS) is 17.1. The van der Waals surface area contributed by atoms with Gasteiger partial charge in [0.2, 0.25) is 5.88 Å². The van der Waals surface area contributed by atoms with E-state index in [2.05, 4.69) is 23.2 Å². The lowest BCUT2D eigenvalue weighted by molar-refractivity contribution is -0.116. The number of Topliss-reactive ketones (excluding diaryl/α,β-unsaturated/α-hetero) is 1. The number of amides is 1. The number of ketones is 1. The quantitative estimate of drug-likeness (QED) is 0.466. The van der Waals surface area contributed by atoms with Gasteiger partial charge < -0.3 is 9.84 Å². The highest BCUT2D eigenvalue weighted by Gasteiger charge is 2.33. The monoisotopic (exact) mass is 506 g/mol. The van der Waals surface area contributed by atoms with Crippen molar-refractivity contribution in [2.24, 2.45) is 4.36 Å². The highest BCUT2D eigenvalue weighted by Crippen LogP contribution is 2.34. The molecule has 0 radical (unpaired) electrons. The van der Waals surface area contributed by atoms with Crippen LogP contribution < -0.4 is 4.74 Å². The van der Waals surface area contributed by atoms with E-state index in [0.29, 0.717) is 11.4 Å². The second-order valence-electron chi connectivity index (χ2n) is 9.78. The lowest BCUT2D eigenvalue weighted by atomic mass is 9.88. The lowest BCUT2D eigenvalue weighted by Crippen LogP contribution is -2.20. The van der Waals surface area contributed by atoms with Crippen LogP contribution in [0.15, 0.2) is 64.0 Å². The third-order valence-electron chi connectivity index (χ3n) is 6.31. The summed E-state index contributed by atoms with van der Waals surface area (Å²) in [7, 11) is -1.75. The number of ether oxygens (including phenoxy) is 1. The Morgan fingerprint density at radius 1 is 1.11 bits per heavy atom. The van der Waals surface area contributed by atoms with Crippen molar-refractivity contribution in [2.45, 2.75) is 50.5 Å². The SMILES string of the molecule is COc1cc(-c2cccc(C(C)C)c2CC(=O)CS2(=O)=NC(=O)c3ccc(C(C)(C)O)cc32)ccn1. The Morgan fingerprint density at radius 2 is 1.86 bits per heavy atom. The first-order chi connectivity index (χ1) is 16.9. The number of aliphatic hydroxyl groups is 1. The average molecular weight is 507 g/mol. The van der Waals surface area contributed by atoms with Crippen molar-refractivity contribution >= 4 is 21.4 Å². The number of hydrogen-bond acceptors (Lipinski definition) is 6. The zero-order valence-electron chi connectivity index (χ0n) is 21.1. The molecule has 0 bridgehead atoms. The predicted octanol–water partition coefficient (Wildman–Crippen LogP) is 4.90. The maximum Gasteiger partial charge on any atom is 0.286 e.